The molecule has 0 saturated carbocycles. The van der Waals surface area contributed by atoms with Crippen LogP contribution in [0.2, 0.25) is 0 Å². The van der Waals surface area contributed by atoms with Crippen LogP contribution in [0.25, 0.3) is 0 Å². The largest absolute Gasteiger partial charge is 0.396 e. The predicted octanol–water partition coefficient (Wildman–Crippen LogP) is 2.64. The minimum Gasteiger partial charge on any atom is -0.396 e. The molecule has 68 valence electrons. The van der Waals surface area contributed by atoms with Gasteiger partial charge in [0.25, 0.3) is 0 Å². The van der Waals surface area contributed by atoms with Crippen molar-refractivity contribution in [2.75, 3.05) is 11.9 Å². The van der Waals surface area contributed by atoms with E-state index in [4.69, 9.17) is 28.3 Å². The zero-order chi connectivity index (χ0) is 9.23. The van der Waals surface area contributed by atoms with Gasteiger partial charge in [-0.15, -0.1) is 23.2 Å². The van der Waals surface area contributed by atoms with Crippen LogP contribution in [0.15, 0.2) is 30.3 Å². The summed E-state index contributed by atoms with van der Waals surface area (Å²) in [6, 6.07) is 9.95. The van der Waals surface area contributed by atoms with E-state index in [1.54, 1.807) is 0 Å². The molecule has 0 aromatic heterocycles. The average Bonchev–Trinajstić information content (AvgIpc) is 2.08. The van der Waals surface area contributed by atoms with Crippen molar-refractivity contribution < 1.29 is 5.11 Å². The fourth-order valence-electron chi connectivity index (χ4n) is 0.774. The summed E-state index contributed by atoms with van der Waals surface area (Å²) in [5.74, 6) is 0. The lowest BCUT2D eigenvalue weighted by atomic mass is 10.2. The third-order valence-corrected chi connectivity index (χ3v) is 1.24. The Hall–Kier alpha value is -0.240. The second kappa shape index (κ2) is 8.85. The van der Waals surface area contributed by atoms with Crippen LogP contribution in [0.4, 0.5) is 0 Å². The summed E-state index contributed by atoms with van der Waals surface area (Å²) >= 11 is 9.53. The maximum absolute atomic E-state index is 8.52. The quantitative estimate of drug-likeness (QED) is 0.739. The summed E-state index contributed by atoms with van der Waals surface area (Å²) in [5.41, 5.74) is 1.19. The fourth-order valence-corrected chi connectivity index (χ4v) is 0.774. The van der Waals surface area contributed by atoms with Crippen molar-refractivity contribution in [3.05, 3.63) is 35.9 Å². The molecule has 0 saturated heterocycles. The highest BCUT2D eigenvalue weighted by atomic mass is 35.5. The summed E-state index contributed by atoms with van der Waals surface area (Å²) in [6.07, 6.45) is 0.765. The van der Waals surface area contributed by atoms with Gasteiger partial charge < -0.3 is 5.11 Å². The highest BCUT2D eigenvalue weighted by Gasteiger charge is 1.85. The lowest BCUT2D eigenvalue weighted by molar-refractivity contribution is 0.299. The maximum Gasteiger partial charge on any atom is 0.0967 e. The number of hydrogen-bond donors (Lipinski definition) is 1. The molecule has 1 N–H and O–H groups in total. The summed E-state index contributed by atoms with van der Waals surface area (Å²) in [4.78, 5) is 0. The Labute approximate surface area is 82.9 Å². The Morgan fingerprint density at radius 1 is 1.08 bits per heavy atom. The number of aliphatic hydroxyl groups excluding tert-OH is 1. The first kappa shape index (κ1) is 11.8. The lowest BCUT2D eigenvalue weighted by Crippen LogP contribution is -1.88. The van der Waals surface area contributed by atoms with E-state index in [1.165, 1.54) is 5.56 Å². The average molecular weight is 207 g/mol. The molecule has 0 radical (unpaired) electrons. The van der Waals surface area contributed by atoms with E-state index in [1.807, 2.05) is 30.3 Å². The zero-order valence-corrected chi connectivity index (χ0v) is 8.22. The molecular formula is C9H12Cl2O. The molecule has 1 aromatic rings. The molecule has 0 amide bonds. The van der Waals surface area contributed by atoms with E-state index < -0.39 is 0 Å². The molecule has 3 heteroatoms. The van der Waals surface area contributed by atoms with Gasteiger partial charge in [0, 0.05) is 6.61 Å². The van der Waals surface area contributed by atoms with E-state index in [9.17, 15) is 0 Å². The Morgan fingerprint density at radius 2 is 1.58 bits per heavy atom. The van der Waals surface area contributed by atoms with Crippen molar-refractivity contribution >= 4 is 23.2 Å². The van der Waals surface area contributed by atoms with E-state index in [0.717, 1.165) is 6.42 Å². The number of halogens is 2. The Balaban J connectivity index is 0.000000354. The Kier molecular flexibility index (Phi) is 8.68. The Morgan fingerprint density at radius 3 is 2.00 bits per heavy atom. The van der Waals surface area contributed by atoms with E-state index >= 15 is 0 Å². The van der Waals surface area contributed by atoms with Crippen molar-refractivity contribution in [1.29, 1.82) is 0 Å². The monoisotopic (exact) mass is 206 g/mol. The van der Waals surface area contributed by atoms with Crippen LogP contribution in [0, 0.1) is 0 Å². The van der Waals surface area contributed by atoms with Gasteiger partial charge in [-0.05, 0) is 12.0 Å². The van der Waals surface area contributed by atoms with Gasteiger partial charge in [-0.2, -0.15) is 0 Å². The normalized spacial score (nSPS) is 8.58. The van der Waals surface area contributed by atoms with E-state index in [-0.39, 0.29) is 11.9 Å². The maximum atomic E-state index is 8.52. The molecular weight excluding hydrogens is 195 g/mol. The van der Waals surface area contributed by atoms with Crippen molar-refractivity contribution in [2.24, 2.45) is 0 Å². The molecule has 0 atom stereocenters. The van der Waals surface area contributed by atoms with Gasteiger partial charge in [0.1, 0.15) is 0 Å². The summed E-state index contributed by atoms with van der Waals surface area (Å²) in [7, 11) is 0. The lowest BCUT2D eigenvalue weighted by Gasteiger charge is -1.93. The zero-order valence-electron chi connectivity index (χ0n) is 6.71. The van der Waals surface area contributed by atoms with Crippen LogP contribution >= 0.6 is 23.2 Å². The number of hydrogen-bond acceptors (Lipinski definition) is 1. The molecule has 0 aliphatic carbocycles. The number of alkyl halides is 2. The van der Waals surface area contributed by atoms with Crippen LogP contribution in [-0.2, 0) is 6.42 Å². The van der Waals surface area contributed by atoms with Crippen LogP contribution in [0.5, 0.6) is 0 Å². The molecule has 12 heavy (non-hydrogen) atoms. The van der Waals surface area contributed by atoms with Gasteiger partial charge >= 0.3 is 0 Å². The molecule has 0 aliphatic rings. The second-order valence-corrected chi connectivity index (χ2v) is 2.87. The molecule has 1 rings (SSSR count). The molecule has 0 bridgehead atoms. The van der Waals surface area contributed by atoms with Crippen molar-refractivity contribution in [2.45, 2.75) is 6.42 Å². The first-order chi connectivity index (χ1) is 5.85. The van der Waals surface area contributed by atoms with Gasteiger partial charge in [0.05, 0.1) is 5.34 Å². The van der Waals surface area contributed by atoms with Gasteiger partial charge in [-0.1, -0.05) is 30.3 Å². The smallest absolute Gasteiger partial charge is 0.0967 e. The molecule has 1 aromatic carbocycles. The highest BCUT2D eigenvalue weighted by molar-refractivity contribution is 6.40. The summed E-state index contributed by atoms with van der Waals surface area (Å²) < 4.78 is 0. The summed E-state index contributed by atoms with van der Waals surface area (Å²) in [6.45, 7) is 0.240. The van der Waals surface area contributed by atoms with Crippen LogP contribution < -0.4 is 0 Å². The molecule has 0 aliphatic heterocycles. The first-order valence-corrected chi connectivity index (χ1v) is 4.68. The topological polar surface area (TPSA) is 20.2 Å². The standard InChI is InChI=1S/C8H10O.CH2Cl2/c9-7-6-8-4-2-1-3-5-8;2-1-3/h1-5,9H,6-7H2;1H2. The molecule has 0 fully saturated rings. The minimum absolute atomic E-state index is 0.194. The van der Waals surface area contributed by atoms with Gasteiger partial charge in [0.2, 0.25) is 0 Å². The molecule has 0 spiro atoms. The van der Waals surface area contributed by atoms with Crippen molar-refractivity contribution in [3.8, 4) is 0 Å². The fraction of sp³-hybridized carbons (Fsp3) is 0.333. The van der Waals surface area contributed by atoms with Crippen LogP contribution in [0.1, 0.15) is 5.56 Å². The van der Waals surface area contributed by atoms with Gasteiger partial charge in [-0.3, -0.25) is 0 Å². The molecule has 1 nitrogen and oxygen atoms in total. The number of rotatable bonds is 2. The number of aliphatic hydroxyl groups is 1. The van der Waals surface area contributed by atoms with Crippen LogP contribution in [0.3, 0.4) is 0 Å². The first-order valence-electron chi connectivity index (χ1n) is 3.61. The Bertz CT molecular complexity index is 177. The van der Waals surface area contributed by atoms with E-state index in [2.05, 4.69) is 0 Å². The summed E-state index contributed by atoms with van der Waals surface area (Å²) in [5, 5.41) is 8.71. The predicted molar refractivity (Wildman–Crippen MR) is 53.8 cm³/mol. The minimum atomic E-state index is 0.194. The highest BCUT2D eigenvalue weighted by Crippen LogP contribution is 1.97. The third kappa shape index (κ3) is 6.47. The van der Waals surface area contributed by atoms with Crippen molar-refractivity contribution in [3.63, 3.8) is 0 Å². The second-order valence-electron chi connectivity index (χ2n) is 2.06. The van der Waals surface area contributed by atoms with Crippen LogP contribution in [-0.4, -0.2) is 17.1 Å². The number of benzene rings is 1. The SMILES string of the molecule is ClCCl.OCCc1ccccc1. The van der Waals surface area contributed by atoms with Gasteiger partial charge in [-0.25, -0.2) is 0 Å². The molecule has 0 unspecified atom stereocenters. The van der Waals surface area contributed by atoms with Crippen molar-refractivity contribution in [1.82, 2.24) is 0 Å². The van der Waals surface area contributed by atoms with E-state index in [0.29, 0.717) is 0 Å². The third-order valence-electron chi connectivity index (χ3n) is 1.24. The molecule has 0 heterocycles. The van der Waals surface area contributed by atoms with Gasteiger partial charge in [0.15, 0.2) is 0 Å².